The molecule has 0 aromatic heterocycles. The smallest absolute Gasteiger partial charge is 0.334 e. The van der Waals surface area contributed by atoms with Gasteiger partial charge in [-0.1, -0.05) is 178 Å². The Balaban J connectivity index is 0.00000174. The van der Waals surface area contributed by atoms with Crippen LogP contribution in [0.15, 0.2) is 48.5 Å². The lowest BCUT2D eigenvalue weighted by Crippen LogP contribution is -2.55. The monoisotopic (exact) mass is 770 g/mol. The van der Waals surface area contributed by atoms with Gasteiger partial charge in [0.05, 0.1) is 25.2 Å². The van der Waals surface area contributed by atoms with Crippen LogP contribution < -0.4 is 0 Å². The first-order chi connectivity index (χ1) is 25.2. The highest BCUT2D eigenvalue weighted by Crippen LogP contribution is 2.48. The van der Waals surface area contributed by atoms with E-state index in [1.807, 2.05) is 36.4 Å². The second kappa shape index (κ2) is 30.2. The topological polar surface area (TPSA) is 171 Å². The maximum absolute atomic E-state index is 12.9. The van der Waals surface area contributed by atoms with E-state index in [0.29, 0.717) is 11.1 Å². The van der Waals surface area contributed by atoms with Crippen LogP contribution in [0.1, 0.15) is 165 Å². The fourth-order valence-corrected chi connectivity index (χ4v) is 7.59. The minimum atomic E-state index is -2.61. The molecule has 0 aliphatic rings. The molecule has 0 spiro atoms. The number of aryl methyl sites for hydroxylation is 2. The standard InChI is InChI=1S/C41H68O4.H4O5P2/c1-3-5-7-9-11-13-15-17-19-21-27-36-29-23-25-31-38(36)41(45,40(33-42,34-43)35-44)39-32-26-24-30-37(39)28-22-20-18-16-14-12-10-8-6-4-2;1-6(2)5-7(3)4/h23-26,29-32,42-45H,3-22,27-28,33-35H2,1-2H3;1-4H. The van der Waals surface area contributed by atoms with Gasteiger partial charge in [-0.2, -0.15) is 0 Å². The SMILES string of the molecule is CCCCCCCCCCCCc1ccccc1C(O)(c1ccccc1CCCCCCCCCCCC)C(CO)(CO)CO.OP(O)OP(O)O. The first-order valence-corrected chi connectivity index (χ1v) is 22.3. The summed E-state index contributed by atoms with van der Waals surface area (Å²) in [5.41, 5.74) is 0.146. The van der Waals surface area contributed by atoms with Gasteiger partial charge in [0.25, 0.3) is 0 Å². The number of hydrogen-bond acceptors (Lipinski definition) is 9. The number of aliphatic hydroxyl groups excluding tert-OH is 3. The molecule has 0 aliphatic heterocycles. The molecule has 0 radical (unpaired) electrons. The first kappa shape index (κ1) is 49.0. The fourth-order valence-electron chi connectivity index (χ4n) is 7.06. The molecule has 0 amide bonds. The van der Waals surface area contributed by atoms with Gasteiger partial charge in [0.2, 0.25) is 0 Å². The summed E-state index contributed by atoms with van der Waals surface area (Å²) < 4.78 is 3.60. The Morgan fingerprint density at radius 1 is 0.462 bits per heavy atom. The predicted octanol–water partition coefficient (Wildman–Crippen LogP) is 9.24. The molecule has 0 unspecified atom stereocenters. The zero-order valence-corrected chi connectivity index (χ0v) is 34.0. The molecule has 2 rings (SSSR count). The molecule has 9 nitrogen and oxygen atoms in total. The molecule has 2 aromatic rings. The van der Waals surface area contributed by atoms with Crippen LogP contribution in [0.25, 0.3) is 0 Å². The predicted molar refractivity (Wildman–Crippen MR) is 214 cm³/mol. The van der Waals surface area contributed by atoms with Crippen molar-refractivity contribution in [2.24, 2.45) is 5.41 Å². The lowest BCUT2D eigenvalue weighted by Gasteiger charge is -2.46. The molecule has 11 heteroatoms. The van der Waals surface area contributed by atoms with E-state index in [2.05, 4.69) is 30.3 Å². The van der Waals surface area contributed by atoms with Crippen molar-refractivity contribution < 1.29 is 44.3 Å². The Morgan fingerprint density at radius 2 is 0.750 bits per heavy atom. The summed E-state index contributed by atoms with van der Waals surface area (Å²) >= 11 is 0. The second-order valence-electron chi connectivity index (χ2n) is 14.2. The van der Waals surface area contributed by atoms with Crippen LogP contribution in [0.2, 0.25) is 0 Å². The Hall–Kier alpha value is -1.06. The summed E-state index contributed by atoms with van der Waals surface area (Å²) in [6, 6.07) is 15.8. The van der Waals surface area contributed by atoms with Gasteiger partial charge in [0.15, 0.2) is 0 Å². The van der Waals surface area contributed by atoms with Crippen LogP contribution in [0.5, 0.6) is 0 Å². The number of aliphatic hydroxyl groups is 4. The van der Waals surface area contributed by atoms with Crippen LogP contribution in [0, 0.1) is 5.41 Å². The lowest BCUT2D eigenvalue weighted by atomic mass is 9.63. The molecule has 0 saturated carbocycles. The third-order valence-corrected chi connectivity index (χ3v) is 11.4. The van der Waals surface area contributed by atoms with E-state index >= 15 is 0 Å². The van der Waals surface area contributed by atoms with Crippen molar-refractivity contribution in [3.8, 4) is 0 Å². The fraction of sp³-hybridized carbons (Fsp3) is 0.707. The van der Waals surface area contributed by atoms with Gasteiger partial charge >= 0.3 is 17.2 Å². The number of hydrogen-bond donors (Lipinski definition) is 8. The molecular weight excluding hydrogens is 698 g/mol. The van der Waals surface area contributed by atoms with Gasteiger partial charge in [-0.15, -0.1) is 0 Å². The summed E-state index contributed by atoms with van der Waals surface area (Å²) in [5.74, 6) is 0. The van der Waals surface area contributed by atoms with Crippen molar-refractivity contribution >= 4 is 17.2 Å². The van der Waals surface area contributed by atoms with Crippen molar-refractivity contribution in [3.05, 3.63) is 70.8 Å². The van der Waals surface area contributed by atoms with E-state index in [-0.39, 0.29) is 0 Å². The Kier molecular flexibility index (Phi) is 28.4. The summed E-state index contributed by atoms with van der Waals surface area (Å²) in [7, 11) is -5.22. The zero-order valence-electron chi connectivity index (χ0n) is 32.2. The molecular formula is C41H72O9P2. The summed E-state index contributed by atoms with van der Waals surface area (Å²) in [6.45, 7) is 2.92. The third-order valence-electron chi connectivity index (χ3n) is 10.2. The van der Waals surface area contributed by atoms with Crippen molar-refractivity contribution in [1.29, 1.82) is 0 Å². The van der Waals surface area contributed by atoms with Crippen molar-refractivity contribution in [1.82, 2.24) is 0 Å². The Bertz CT molecular complexity index is 1050. The quantitative estimate of drug-likeness (QED) is 0.0285. The van der Waals surface area contributed by atoms with Crippen molar-refractivity contribution in [2.45, 2.75) is 161 Å². The van der Waals surface area contributed by atoms with Gasteiger partial charge in [-0.05, 0) is 47.9 Å². The molecule has 300 valence electrons. The molecule has 0 bridgehead atoms. The van der Waals surface area contributed by atoms with E-state index in [1.165, 1.54) is 103 Å². The highest BCUT2D eigenvalue weighted by molar-refractivity contribution is 7.53. The molecule has 8 N–H and O–H groups in total. The third kappa shape index (κ3) is 18.0. The first-order valence-electron chi connectivity index (χ1n) is 19.9. The highest BCUT2D eigenvalue weighted by atomic mass is 31.2. The second-order valence-corrected chi connectivity index (χ2v) is 15.9. The van der Waals surface area contributed by atoms with Crippen LogP contribution in [-0.4, -0.2) is 59.8 Å². The average Bonchev–Trinajstić information content (AvgIpc) is 3.14. The van der Waals surface area contributed by atoms with E-state index < -0.39 is 48.0 Å². The molecule has 0 aliphatic carbocycles. The van der Waals surface area contributed by atoms with Gasteiger partial charge in [0.1, 0.15) is 5.60 Å². The van der Waals surface area contributed by atoms with E-state index in [4.69, 9.17) is 19.6 Å². The average molecular weight is 771 g/mol. The molecule has 2 aromatic carbocycles. The highest BCUT2D eigenvalue weighted by Gasteiger charge is 2.53. The van der Waals surface area contributed by atoms with E-state index in [1.54, 1.807) is 0 Å². The molecule has 0 atom stereocenters. The van der Waals surface area contributed by atoms with Gasteiger partial charge in [-0.25, -0.2) is 4.31 Å². The number of unbranched alkanes of at least 4 members (excludes halogenated alkanes) is 18. The molecule has 0 fully saturated rings. The Morgan fingerprint density at radius 3 is 1.02 bits per heavy atom. The van der Waals surface area contributed by atoms with Gasteiger partial charge < -0.3 is 40.0 Å². The molecule has 52 heavy (non-hydrogen) atoms. The van der Waals surface area contributed by atoms with Crippen molar-refractivity contribution in [2.75, 3.05) is 19.8 Å². The van der Waals surface area contributed by atoms with Crippen LogP contribution in [0.3, 0.4) is 0 Å². The Labute approximate surface area is 317 Å². The molecule has 0 saturated heterocycles. The van der Waals surface area contributed by atoms with E-state index in [0.717, 1.165) is 49.7 Å². The minimum Gasteiger partial charge on any atom is -0.395 e. The maximum Gasteiger partial charge on any atom is 0.334 e. The maximum atomic E-state index is 12.9. The molecule has 0 heterocycles. The normalized spacial score (nSPS) is 12.1. The largest absolute Gasteiger partial charge is 0.395 e. The summed E-state index contributed by atoms with van der Waals surface area (Å²) in [6.07, 6.45) is 26.9. The minimum absolute atomic E-state index is 0.532. The van der Waals surface area contributed by atoms with Crippen LogP contribution >= 0.6 is 17.2 Å². The summed E-state index contributed by atoms with van der Waals surface area (Å²) in [4.78, 5) is 31.3. The number of benzene rings is 2. The van der Waals surface area contributed by atoms with Crippen LogP contribution in [0.4, 0.5) is 0 Å². The summed E-state index contributed by atoms with van der Waals surface area (Å²) in [5, 5.41) is 44.9. The van der Waals surface area contributed by atoms with E-state index in [9.17, 15) is 20.4 Å². The van der Waals surface area contributed by atoms with Gasteiger partial charge in [0, 0.05) is 0 Å². The lowest BCUT2D eigenvalue weighted by molar-refractivity contribution is -0.136. The van der Waals surface area contributed by atoms with Crippen LogP contribution in [-0.2, 0) is 22.8 Å². The number of rotatable bonds is 30. The zero-order chi connectivity index (χ0) is 38.5. The van der Waals surface area contributed by atoms with Gasteiger partial charge in [-0.3, -0.25) is 0 Å². The van der Waals surface area contributed by atoms with Crippen molar-refractivity contribution in [3.63, 3.8) is 0 Å².